The molecule has 134 valence electrons. The molecular formula is C16H23BrClN3O3. The fourth-order valence-electron chi connectivity index (χ4n) is 2.57. The molecule has 2 rings (SSSR count). The highest BCUT2D eigenvalue weighted by molar-refractivity contribution is 9.10. The zero-order valence-corrected chi connectivity index (χ0v) is 16.0. The molecule has 1 aliphatic rings. The van der Waals surface area contributed by atoms with Crippen molar-refractivity contribution in [1.82, 2.24) is 15.1 Å². The van der Waals surface area contributed by atoms with Gasteiger partial charge in [0.1, 0.15) is 0 Å². The van der Waals surface area contributed by atoms with Gasteiger partial charge in [-0.25, -0.2) is 0 Å². The van der Waals surface area contributed by atoms with Gasteiger partial charge in [0.2, 0.25) is 11.8 Å². The lowest BCUT2D eigenvalue weighted by Gasteiger charge is -2.33. The molecule has 2 amide bonds. The normalized spacial score (nSPS) is 17.4. The van der Waals surface area contributed by atoms with Crippen LogP contribution in [0.1, 0.15) is 12.0 Å². The number of benzene rings is 1. The Kier molecular flexibility index (Phi) is 8.69. The molecule has 0 aromatic heterocycles. The Morgan fingerprint density at radius 2 is 2.25 bits per heavy atom. The number of nitrogens with one attached hydrogen (secondary N) is 1. The highest BCUT2D eigenvalue weighted by Crippen LogP contribution is 2.15. The average Bonchev–Trinajstić information content (AvgIpc) is 2.51. The first-order valence-corrected chi connectivity index (χ1v) is 8.42. The van der Waals surface area contributed by atoms with Crippen LogP contribution in [0.3, 0.4) is 0 Å². The van der Waals surface area contributed by atoms with Gasteiger partial charge in [0, 0.05) is 37.7 Å². The first-order chi connectivity index (χ1) is 11.0. The summed E-state index contributed by atoms with van der Waals surface area (Å²) in [6.45, 7) is 2.03. The highest BCUT2D eigenvalue weighted by atomic mass is 79.9. The number of hydrogen-bond acceptors (Lipinski definition) is 4. The van der Waals surface area contributed by atoms with E-state index in [4.69, 9.17) is 5.11 Å². The van der Waals surface area contributed by atoms with Gasteiger partial charge >= 0.3 is 0 Å². The summed E-state index contributed by atoms with van der Waals surface area (Å²) in [5.41, 5.74) is 1.05. The number of nitrogens with zero attached hydrogens (tertiary/aromatic N) is 2. The summed E-state index contributed by atoms with van der Waals surface area (Å²) in [5.74, 6) is -0.198. The van der Waals surface area contributed by atoms with Crippen molar-refractivity contribution in [1.29, 1.82) is 0 Å². The van der Waals surface area contributed by atoms with Crippen molar-refractivity contribution in [2.24, 2.45) is 0 Å². The second-order valence-electron chi connectivity index (χ2n) is 5.64. The predicted molar refractivity (Wildman–Crippen MR) is 97.9 cm³/mol. The van der Waals surface area contributed by atoms with Crippen molar-refractivity contribution in [3.63, 3.8) is 0 Å². The van der Waals surface area contributed by atoms with Crippen LogP contribution in [-0.2, 0) is 16.1 Å². The second kappa shape index (κ2) is 9.98. The summed E-state index contributed by atoms with van der Waals surface area (Å²) >= 11 is 3.43. The molecule has 0 saturated carbocycles. The maximum Gasteiger partial charge on any atom is 0.240 e. The molecule has 0 radical (unpaired) electrons. The van der Waals surface area contributed by atoms with Crippen molar-refractivity contribution in [2.45, 2.75) is 19.0 Å². The summed E-state index contributed by atoms with van der Waals surface area (Å²) in [6, 6.07) is 7.36. The van der Waals surface area contributed by atoms with Crippen LogP contribution in [0.2, 0.25) is 0 Å². The number of amides is 2. The van der Waals surface area contributed by atoms with Gasteiger partial charge in [-0.3, -0.25) is 9.59 Å². The molecule has 8 heteroatoms. The molecule has 1 aromatic rings. The number of hydrogen-bond donors (Lipinski definition) is 2. The van der Waals surface area contributed by atoms with Crippen LogP contribution in [0.15, 0.2) is 28.7 Å². The number of carbonyl (C=O) groups excluding carboxylic acids is 2. The van der Waals surface area contributed by atoms with E-state index in [2.05, 4.69) is 21.2 Å². The van der Waals surface area contributed by atoms with Crippen molar-refractivity contribution in [3.8, 4) is 0 Å². The number of likely N-dealkylation sites (N-methyl/N-ethyl adjacent to an activating group) is 1. The van der Waals surface area contributed by atoms with Gasteiger partial charge in [0.05, 0.1) is 19.1 Å². The van der Waals surface area contributed by atoms with Crippen LogP contribution >= 0.6 is 28.3 Å². The minimum Gasteiger partial charge on any atom is -0.395 e. The van der Waals surface area contributed by atoms with Gasteiger partial charge in [0.25, 0.3) is 0 Å². The number of carbonyl (C=O) groups is 2. The lowest BCUT2D eigenvalue weighted by atomic mass is 10.1. The molecule has 1 unspecified atom stereocenters. The van der Waals surface area contributed by atoms with Crippen LogP contribution in [-0.4, -0.2) is 66.1 Å². The third-order valence-corrected chi connectivity index (χ3v) is 4.38. The Bertz CT molecular complexity index is 573. The molecule has 0 bridgehead atoms. The summed E-state index contributed by atoms with van der Waals surface area (Å²) in [7, 11) is 1.63. The molecule has 1 fully saturated rings. The largest absolute Gasteiger partial charge is 0.395 e. The highest BCUT2D eigenvalue weighted by Gasteiger charge is 2.30. The van der Waals surface area contributed by atoms with E-state index in [1.807, 2.05) is 24.3 Å². The Morgan fingerprint density at radius 3 is 2.92 bits per heavy atom. The van der Waals surface area contributed by atoms with E-state index in [-0.39, 0.29) is 43.8 Å². The van der Waals surface area contributed by atoms with Gasteiger partial charge in [-0.15, -0.1) is 12.4 Å². The van der Waals surface area contributed by atoms with E-state index >= 15 is 0 Å². The summed E-state index contributed by atoms with van der Waals surface area (Å²) < 4.78 is 0.981. The van der Waals surface area contributed by atoms with Gasteiger partial charge < -0.3 is 20.2 Å². The molecule has 6 nitrogen and oxygen atoms in total. The van der Waals surface area contributed by atoms with E-state index in [0.29, 0.717) is 19.6 Å². The van der Waals surface area contributed by atoms with Crippen molar-refractivity contribution >= 4 is 40.2 Å². The minimum atomic E-state index is -0.496. The Balaban J connectivity index is 0.00000288. The lowest BCUT2D eigenvalue weighted by Crippen LogP contribution is -2.56. The van der Waals surface area contributed by atoms with Crippen LogP contribution < -0.4 is 5.32 Å². The van der Waals surface area contributed by atoms with Crippen molar-refractivity contribution in [3.05, 3.63) is 34.3 Å². The zero-order valence-electron chi connectivity index (χ0n) is 13.6. The topological polar surface area (TPSA) is 72.9 Å². The molecule has 0 aliphatic carbocycles. The van der Waals surface area contributed by atoms with Gasteiger partial charge in [-0.05, 0) is 17.7 Å². The number of piperazine rings is 1. The Morgan fingerprint density at radius 1 is 1.50 bits per heavy atom. The number of rotatable bonds is 6. The van der Waals surface area contributed by atoms with Gasteiger partial charge in [-0.2, -0.15) is 0 Å². The fraction of sp³-hybridized carbons (Fsp3) is 0.500. The molecule has 0 spiro atoms. The molecule has 1 atom stereocenters. The monoisotopic (exact) mass is 419 g/mol. The first-order valence-electron chi connectivity index (χ1n) is 7.62. The molecule has 1 heterocycles. The van der Waals surface area contributed by atoms with Gasteiger partial charge in [-0.1, -0.05) is 28.1 Å². The first kappa shape index (κ1) is 20.9. The van der Waals surface area contributed by atoms with E-state index in [0.717, 1.165) is 10.0 Å². The van der Waals surface area contributed by atoms with Crippen LogP contribution in [0.5, 0.6) is 0 Å². The summed E-state index contributed by atoms with van der Waals surface area (Å²) in [4.78, 5) is 27.8. The molecular weight excluding hydrogens is 398 g/mol. The third-order valence-electron chi connectivity index (χ3n) is 3.88. The molecule has 24 heavy (non-hydrogen) atoms. The second-order valence-corrected chi connectivity index (χ2v) is 6.56. The Hall–Kier alpha value is -1.15. The van der Waals surface area contributed by atoms with E-state index in [9.17, 15) is 9.59 Å². The smallest absolute Gasteiger partial charge is 0.240 e. The lowest BCUT2D eigenvalue weighted by molar-refractivity contribution is -0.141. The molecule has 1 saturated heterocycles. The molecule has 2 N–H and O–H groups in total. The molecule has 1 aromatic carbocycles. The number of aliphatic hydroxyl groups is 1. The van der Waals surface area contributed by atoms with Crippen molar-refractivity contribution < 1.29 is 14.7 Å². The maximum atomic E-state index is 12.6. The maximum absolute atomic E-state index is 12.6. The van der Waals surface area contributed by atoms with E-state index < -0.39 is 6.04 Å². The number of aliphatic hydroxyl groups excluding tert-OH is 1. The fourth-order valence-corrected chi connectivity index (χ4v) is 3.02. The Labute approximate surface area is 156 Å². The minimum absolute atomic E-state index is 0. The number of halogens is 2. The van der Waals surface area contributed by atoms with Crippen molar-refractivity contribution in [2.75, 3.05) is 33.3 Å². The third kappa shape index (κ3) is 5.73. The van der Waals surface area contributed by atoms with Crippen LogP contribution in [0.25, 0.3) is 0 Å². The SMILES string of the molecule is CN(CCO)C(=O)CC1NCCN(Cc2cccc(Br)c2)C1=O.Cl. The summed E-state index contributed by atoms with van der Waals surface area (Å²) in [6.07, 6.45) is 0.115. The average molecular weight is 421 g/mol. The summed E-state index contributed by atoms with van der Waals surface area (Å²) in [5, 5.41) is 12.0. The molecule has 1 aliphatic heterocycles. The van der Waals surface area contributed by atoms with E-state index in [1.165, 1.54) is 4.90 Å². The standard InChI is InChI=1S/C16H22BrN3O3.ClH/c1-19(7-8-21)15(22)10-14-16(23)20(6-5-18-14)11-12-3-2-4-13(17)9-12;/h2-4,9,14,18,21H,5-8,10-11H2,1H3;1H. The van der Waals surface area contributed by atoms with Crippen LogP contribution in [0, 0.1) is 0 Å². The van der Waals surface area contributed by atoms with Gasteiger partial charge in [0.15, 0.2) is 0 Å². The quantitative estimate of drug-likeness (QED) is 0.720. The van der Waals surface area contributed by atoms with E-state index in [1.54, 1.807) is 11.9 Å². The van der Waals surface area contributed by atoms with Crippen LogP contribution in [0.4, 0.5) is 0 Å². The predicted octanol–water partition coefficient (Wildman–Crippen LogP) is 1.01. The zero-order chi connectivity index (χ0) is 16.8.